The van der Waals surface area contributed by atoms with Gasteiger partial charge in [0.25, 0.3) is 5.91 Å². The Balaban J connectivity index is 1.59. The fraction of sp³-hybridized carbons (Fsp3) is 0.200. The first-order valence-corrected chi connectivity index (χ1v) is 9.36. The number of hydrogen-bond donors (Lipinski definition) is 2. The molecule has 0 radical (unpaired) electrons. The molecule has 3 aromatic rings. The number of aryl methyl sites for hydroxylation is 1. The summed E-state index contributed by atoms with van der Waals surface area (Å²) >= 11 is 11.8. The Morgan fingerprint density at radius 1 is 1.11 bits per heavy atom. The van der Waals surface area contributed by atoms with Gasteiger partial charge in [-0.1, -0.05) is 47.5 Å². The quantitative estimate of drug-likeness (QED) is 0.659. The number of benzene rings is 2. The van der Waals surface area contributed by atoms with Crippen LogP contribution in [0.25, 0.3) is 11.3 Å². The van der Waals surface area contributed by atoms with E-state index < -0.39 is 0 Å². The number of carbonyl (C=O) groups is 1. The number of aromatic nitrogens is 2. The lowest BCUT2D eigenvalue weighted by molar-refractivity contribution is -0.682. The maximum atomic E-state index is 12.3. The molecule has 1 atom stereocenters. The summed E-state index contributed by atoms with van der Waals surface area (Å²) in [5, 5.41) is 10.7. The van der Waals surface area contributed by atoms with E-state index in [-0.39, 0.29) is 11.9 Å². The summed E-state index contributed by atoms with van der Waals surface area (Å²) in [7, 11) is 1.80. The Labute approximate surface area is 168 Å². The van der Waals surface area contributed by atoms with E-state index in [2.05, 4.69) is 17.3 Å². The summed E-state index contributed by atoms with van der Waals surface area (Å²) in [5.41, 5.74) is 2.85. The highest BCUT2D eigenvalue weighted by atomic mass is 35.5. The molecule has 0 unspecified atom stereocenters. The molecule has 140 valence electrons. The number of hydrogen-bond acceptors (Lipinski definition) is 2. The molecule has 0 bridgehead atoms. The summed E-state index contributed by atoms with van der Waals surface area (Å²) in [6.45, 7) is 2.37. The van der Waals surface area contributed by atoms with Crippen LogP contribution in [0.15, 0.2) is 54.6 Å². The minimum Gasteiger partial charge on any atom is -0.333 e. The smallest absolute Gasteiger partial charge is 0.280 e. The first-order valence-electron chi connectivity index (χ1n) is 8.61. The molecule has 2 aromatic carbocycles. The highest BCUT2D eigenvalue weighted by Crippen LogP contribution is 2.23. The fourth-order valence-electron chi connectivity index (χ4n) is 2.73. The average Bonchev–Trinajstić information content (AvgIpc) is 3.01. The molecule has 0 aliphatic heterocycles. The number of nitrogens with one attached hydrogen (secondary N) is 1. The lowest BCUT2D eigenvalue weighted by Gasteiger charge is -2.11. The Hall–Kier alpha value is -2.34. The van der Waals surface area contributed by atoms with Crippen LogP contribution in [0.1, 0.15) is 18.5 Å². The third-order valence-electron chi connectivity index (χ3n) is 4.34. The fourth-order valence-corrected chi connectivity index (χ4v) is 2.98. The molecular weight excluding hydrogens is 383 g/mol. The van der Waals surface area contributed by atoms with E-state index in [4.69, 9.17) is 23.2 Å². The highest BCUT2D eigenvalue weighted by Gasteiger charge is 2.14. The Morgan fingerprint density at radius 3 is 2.33 bits per heavy atom. The van der Waals surface area contributed by atoms with Gasteiger partial charge in [0.05, 0.1) is 5.69 Å². The summed E-state index contributed by atoms with van der Waals surface area (Å²) in [6, 6.07) is 17.1. The Morgan fingerprint density at radius 2 is 1.70 bits per heavy atom. The molecular formula is C20H21Cl2N4O+. The van der Waals surface area contributed by atoms with E-state index in [1.807, 2.05) is 59.9 Å². The minimum atomic E-state index is -0.0820. The number of anilines is 1. The van der Waals surface area contributed by atoms with Crippen molar-refractivity contribution in [3.8, 4) is 11.3 Å². The highest BCUT2D eigenvalue weighted by molar-refractivity contribution is 6.30. The van der Waals surface area contributed by atoms with Crippen LogP contribution in [0.2, 0.25) is 10.0 Å². The van der Waals surface area contributed by atoms with Gasteiger partial charge >= 0.3 is 0 Å². The monoisotopic (exact) mass is 403 g/mol. The van der Waals surface area contributed by atoms with Crippen molar-refractivity contribution in [3.63, 3.8) is 0 Å². The SMILES string of the molecule is C[C@H]([NH2+]CC(=O)Nc1cc(-c2ccc(Cl)cc2)nn1C)c1ccc(Cl)cc1. The van der Waals surface area contributed by atoms with E-state index in [1.54, 1.807) is 11.7 Å². The van der Waals surface area contributed by atoms with Gasteiger partial charge in [-0.15, -0.1) is 0 Å². The van der Waals surface area contributed by atoms with Crippen LogP contribution < -0.4 is 10.6 Å². The lowest BCUT2D eigenvalue weighted by Crippen LogP contribution is -2.86. The molecule has 1 heterocycles. The van der Waals surface area contributed by atoms with Crippen molar-refractivity contribution in [3.05, 3.63) is 70.2 Å². The van der Waals surface area contributed by atoms with Crippen molar-refractivity contribution < 1.29 is 10.1 Å². The molecule has 3 rings (SSSR count). The maximum absolute atomic E-state index is 12.3. The number of quaternary nitrogens is 1. The van der Waals surface area contributed by atoms with E-state index in [0.717, 1.165) is 16.8 Å². The minimum absolute atomic E-state index is 0.0820. The van der Waals surface area contributed by atoms with Crippen LogP contribution in [0.4, 0.5) is 5.82 Å². The number of carbonyl (C=O) groups excluding carboxylic acids is 1. The van der Waals surface area contributed by atoms with Crippen molar-refractivity contribution in [2.24, 2.45) is 7.05 Å². The molecule has 1 aromatic heterocycles. The molecule has 7 heteroatoms. The summed E-state index contributed by atoms with van der Waals surface area (Å²) in [6.07, 6.45) is 0. The van der Waals surface area contributed by atoms with Crippen molar-refractivity contribution >= 4 is 34.9 Å². The standard InChI is InChI=1S/C20H20Cl2N4O/c1-13(14-3-7-16(21)8-4-14)23-12-20(27)24-19-11-18(25-26(19)2)15-5-9-17(22)10-6-15/h3-11,13,23H,12H2,1-2H3,(H,24,27)/p+1/t13-/m0/s1. The van der Waals surface area contributed by atoms with E-state index in [0.29, 0.717) is 22.4 Å². The molecule has 0 saturated heterocycles. The zero-order valence-corrected chi connectivity index (χ0v) is 16.6. The molecule has 0 spiro atoms. The Bertz CT molecular complexity index is 920. The second-order valence-corrected chi connectivity index (χ2v) is 7.25. The number of rotatable bonds is 6. The topological polar surface area (TPSA) is 63.5 Å². The van der Waals surface area contributed by atoms with Gasteiger partial charge in [0.2, 0.25) is 0 Å². The largest absolute Gasteiger partial charge is 0.333 e. The predicted octanol–water partition coefficient (Wildman–Crippen LogP) is 3.66. The maximum Gasteiger partial charge on any atom is 0.280 e. The third-order valence-corrected chi connectivity index (χ3v) is 4.84. The van der Waals surface area contributed by atoms with Gasteiger partial charge in [-0.05, 0) is 31.2 Å². The third kappa shape index (κ3) is 5.10. The van der Waals surface area contributed by atoms with Gasteiger partial charge in [-0.3, -0.25) is 9.48 Å². The average molecular weight is 404 g/mol. The molecule has 1 amide bonds. The van der Waals surface area contributed by atoms with E-state index in [9.17, 15) is 4.79 Å². The molecule has 3 N–H and O–H groups in total. The molecule has 0 aliphatic carbocycles. The zero-order chi connectivity index (χ0) is 19.4. The van der Waals surface area contributed by atoms with Crippen molar-refractivity contribution in [2.75, 3.05) is 11.9 Å². The second kappa shape index (κ2) is 8.57. The van der Waals surface area contributed by atoms with E-state index >= 15 is 0 Å². The van der Waals surface area contributed by atoms with Gasteiger partial charge < -0.3 is 10.6 Å². The molecule has 0 saturated carbocycles. The molecule has 27 heavy (non-hydrogen) atoms. The first kappa shape index (κ1) is 19.4. The normalized spacial score (nSPS) is 12.0. The van der Waals surface area contributed by atoms with Crippen molar-refractivity contribution in [2.45, 2.75) is 13.0 Å². The van der Waals surface area contributed by atoms with Gasteiger partial charge in [-0.25, -0.2) is 0 Å². The summed E-state index contributed by atoms with van der Waals surface area (Å²) in [4.78, 5) is 12.3. The van der Waals surface area contributed by atoms with Gasteiger partial charge in [0.1, 0.15) is 11.9 Å². The molecule has 0 fully saturated rings. The van der Waals surface area contributed by atoms with Crippen molar-refractivity contribution in [1.29, 1.82) is 0 Å². The first-order chi connectivity index (χ1) is 12.9. The molecule has 0 aliphatic rings. The number of nitrogens with zero attached hydrogens (tertiary/aromatic N) is 2. The summed E-state index contributed by atoms with van der Waals surface area (Å²) in [5.74, 6) is 0.568. The molecule has 5 nitrogen and oxygen atoms in total. The van der Waals surface area contributed by atoms with Crippen LogP contribution in [0.5, 0.6) is 0 Å². The second-order valence-electron chi connectivity index (χ2n) is 6.37. The van der Waals surface area contributed by atoms with Gasteiger partial charge in [0.15, 0.2) is 6.54 Å². The van der Waals surface area contributed by atoms with Crippen LogP contribution in [-0.4, -0.2) is 22.2 Å². The van der Waals surface area contributed by atoms with Crippen molar-refractivity contribution in [1.82, 2.24) is 9.78 Å². The van der Waals surface area contributed by atoms with E-state index in [1.165, 1.54) is 0 Å². The van der Waals surface area contributed by atoms with Gasteiger partial charge in [0, 0.05) is 34.3 Å². The van der Waals surface area contributed by atoms with Gasteiger partial charge in [-0.2, -0.15) is 5.10 Å². The lowest BCUT2D eigenvalue weighted by atomic mass is 10.1. The number of nitrogens with two attached hydrogens (primary N) is 1. The predicted molar refractivity (Wildman–Crippen MR) is 109 cm³/mol. The number of amides is 1. The zero-order valence-electron chi connectivity index (χ0n) is 15.1. The Kier molecular flexibility index (Phi) is 6.16. The van der Waals surface area contributed by atoms with Crippen LogP contribution in [0.3, 0.4) is 0 Å². The van der Waals surface area contributed by atoms with Crippen LogP contribution >= 0.6 is 23.2 Å². The van der Waals surface area contributed by atoms with Crippen LogP contribution in [-0.2, 0) is 11.8 Å². The summed E-state index contributed by atoms with van der Waals surface area (Å²) < 4.78 is 1.66. The number of halogens is 2. The van der Waals surface area contributed by atoms with Crippen LogP contribution in [0, 0.1) is 0 Å².